The smallest absolute Gasteiger partial charge is 0.790 e. The van der Waals surface area contributed by atoms with Gasteiger partial charge in [-0.1, -0.05) is 0 Å². The van der Waals surface area contributed by atoms with E-state index in [1.807, 2.05) is 0 Å². The van der Waals surface area contributed by atoms with Crippen molar-refractivity contribution in [3.63, 3.8) is 0 Å². The minimum absolute atomic E-state index is 0. The minimum Gasteiger partial charge on any atom is -0.790 e. The first-order chi connectivity index (χ1) is 7.83. The standard InChI is InChI=1S/C6H14O10P2.4Li/c1-6(9,4-5(7)8)2-3-15-18(13,14)16-17(10,11)12;;;;/h9H,2-4H2,1H3,(H,7,8)(H,13,14)(H2,10,11,12);;;;/q;4*+1/p-4/t6-;;;;/m1..../s1. The fraction of sp³-hybridized carbons (Fsp3) is 0.833. The van der Waals surface area contributed by atoms with E-state index >= 15 is 0 Å². The van der Waals surface area contributed by atoms with Gasteiger partial charge < -0.3 is 38.8 Å². The van der Waals surface area contributed by atoms with Gasteiger partial charge in [-0.2, -0.15) is 0 Å². The molecule has 0 aliphatic heterocycles. The first-order valence-corrected chi connectivity index (χ1v) is 7.36. The van der Waals surface area contributed by atoms with Crippen molar-refractivity contribution in [2.75, 3.05) is 6.61 Å². The van der Waals surface area contributed by atoms with E-state index in [-0.39, 0.29) is 75.4 Å². The number of aliphatic carboxylic acids is 1. The van der Waals surface area contributed by atoms with Crippen LogP contribution < -0.4 is 95.2 Å². The van der Waals surface area contributed by atoms with E-state index in [0.29, 0.717) is 0 Å². The average Bonchev–Trinajstić information content (AvgIpc) is 1.93. The number of carbonyl (C=O) groups is 1. The van der Waals surface area contributed by atoms with E-state index in [4.69, 9.17) is 0 Å². The second-order valence-electron chi connectivity index (χ2n) is 3.61. The molecule has 0 aromatic heterocycles. The van der Waals surface area contributed by atoms with Crippen LogP contribution in [0.25, 0.3) is 0 Å². The van der Waals surface area contributed by atoms with Gasteiger partial charge in [0.15, 0.2) is 0 Å². The third-order valence-electron chi connectivity index (χ3n) is 1.62. The predicted molar refractivity (Wildman–Crippen MR) is 47.1 cm³/mol. The second kappa shape index (κ2) is 14.3. The van der Waals surface area contributed by atoms with E-state index in [9.17, 15) is 38.8 Å². The number of rotatable bonds is 8. The van der Waals surface area contributed by atoms with Crippen LogP contribution >= 0.6 is 15.6 Å². The predicted octanol–water partition coefficient (Wildman–Crippen LogP) is -15.4. The van der Waals surface area contributed by atoms with Gasteiger partial charge in [-0.3, -0.25) is 8.88 Å². The summed E-state index contributed by atoms with van der Waals surface area (Å²) < 4.78 is 27.9. The van der Waals surface area contributed by atoms with Crippen molar-refractivity contribution < 1.29 is 123 Å². The molecule has 0 heterocycles. The van der Waals surface area contributed by atoms with E-state index in [0.717, 1.165) is 6.92 Å². The summed E-state index contributed by atoms with van der Waals surface area (Å²) in [5.41, 5.74) is -1.81. The third kappa shape index (κ3) is 22.1. The van der Waals surface area contributed by atoms with Gasteiger partial charge in [0.1, 0.15) is 0 Å². The number of hydrogen-bond donors (Lipinski definition) is 1. The Bertz CT molecular complexity index is 399. The molecule has 0 saturated heterocycles. The Labute approximate surface area is 175 Å². The van der Waals surface area contributed by atoms with Crippen LogP contribution in [-0.4, -0.2) is 23.3 Å². The van der Waals surface area contributed by atoms with Gasteiger partial charge in [-0.05, 0) is 6.92 Å². The largest absolute Gasteiger partial charge is 1.00 e. The Hall–Kier alpha value is 2.08. The maximum absolute atomic E-state index is 10.8. The fourth-order valence-electron chi connectivity index (χ4n) is 0.923. The quantitative estimate of drug-likeness (QED) is 0.331. The molecule has 0 radical (unpaired) electrons. The summed E-state index contributed by atoms with van der Waals surface area (Å²) in [6.07, 6.45) is -1.24. The molecule has 10 nitrogen and oxygen atoms in total. The molecule has 0 amide bonds. The molecule has 2 atom stereocenters. The van der Waals surface area contributed by atoms with Crippen LogP contribution in [0.3, 0.4) is 0 Å². The van der Waals surface area contributed by atoms with Crippen LogP contribution in [0, 0.1) is 0 Å². The van der Waals surface area contributed by atoms with Crippen LogP contribution in [0.15, 0.2) is 0 Å². The number of phosphoric ester groups is 1. The molecular weight excluding hydrogens is 322 g/mol. The van der Waals surface area contributed by atoms with Crippen LogP contribution in [0.4, 0.5) is 0 Å². The van der Waals surface area contributed by atoms with Crippen LogP contribution in [0.5, 0.6) is 0 Å². The molecule has 0 aromatic rings. The number of carboxylic acid groups (broad SMARTS) is 1. The molecule has 0 aromatic carbocycles. The number of hydrogen-bond acceptors (Lipinski definition) is 10. The Morgan fingerprint density at radius 1 is 1.14 bits per heavy atom. The summed E-state index contributed by atoms with van der Waals surface area (Å²) >= 11 is 0. The summed E-state index contributed by atoms with van der Waals surface area (Å²) in [6.45, 7) is 0.315. The Kier molecular flexibility index (Phi) is 22.9. The topological polar surface area (TPSA) is 182 Å². The van der Waals surface area contributed by atoms with Crippen molar-refractivity contribution in [1.82, 2.24) is 0 Å². The van der Waals surface area contributed by atoms with Gasteiger partial charge in [0.2, 0.25) is 0 Å². The molecule has 0 aliphatic rings. The van der Waals surface area contributed by atoms with Crippen molar-refractivity contribution in [2.45, 2.75) is 25.4 Å². The molecule has 0 bridgehead atoms. The molecule has 1 unspecified atom stereocenters. The molecule has 0 saturated carbocycles. The van der Waals surface area contributed by atoms with Crippen molar-refractivity contribution >= 4 is 21.6 Å². The van der Waals surface area contributed by atoms with Crippen LogP contribution in [-0.2, 0) is 22.8 Å². The molecule has 16 heteroatoms. The van der Waals surface area contributed by atoms with E-state index in [1.165, 1.54) is 0 Å². The molecular formula is C6H10Li4O10P2. The van der Waals surface area contributed by atoms with E-state index in [2.05, 4.69) is 8.83 Å². The van der Waals surface area contributed by atoms with Crippen molar-refractivity contribution in [3.8, 4) is 0 Å². The van der Waals surface area contributed by atoms with Gasteiger partial charge in [0.25, 0.3) is 7.82 Å². The first-order valence-electron chi connectivity index (χ1n) is 4.44. The molecule has 22 heavy (non-hydrogen) atoms. The summed E-state index contributed by atoms with van der Waals surface area (Å²) in [4.78, 5) is 41.0. The van der Waals surface area contributed by atoms with Crippen molar-refractivity contribution in [2.24, 2.45) is 0 Å². The maximum Gasteiger partial charge on any atom is 1.00 e. The Morgan fingerprint density at radius 3 is 1.86 bits per heavy atom. The molecule has 0 aliphatic carbocycles. The van der Waals surface area contributed by atoms with E-state index in [1.54, 1.807) is 0 Å². The van der Waals surface area contributed by atoms with Gasteiger partial charge in [-0.15, -0.1) is 0 Å². The normalized spacial score (nSPS) is 15.5. The number of carbonyl (C=O) groups excluding carboxylic acids is 1. The molecule has 0 rings (SSSR count). The van der Waals surface area contributed by atoms with Crippen LogP contribution in [0.1, 0.15) is 19.8 Å². The number of carboxylic acids is 1. The molecule has 108 valence electrons. The second-order valence-corrected chi connectivity index (χ2v) is 6.31. The summed E-state index contributed by atoms with van der Waals surface area (Å²) in [5.74, 6) is -1.56. The van der Waals surface area contributed by atoms with Gasteiger partial charge >= 0.3 is 75.4 Å². The third-order valence-corrected chi connectivity index (χ3v) is 3.71. The summed E-state index contributed by atoms with van der Waals surface area (Å²) in [5, 5.41) is 19.6. The summed E-state index contributed by atoms with van der Waals surface area (Å²) in [6, 6.07) is 0. The zero-order chi connectivity index (χ0) is 14.6. The fourth-order valence-corrected chi connectivity index (χ4v) is 2.41. The summed E-state index contributed by atoms with van der Waals surface area (Å²) in [7, 11) is -11.1. The van der Waals surface area contributed by atoms with E-state index < -0.39 is 46.7 Å². The minimum atomic E-state index is -5.76. The molecule has 0 fully saturated rings. The Morgan fingerprint density at radius 2 is 1.55 bits per heavy atom. The SMILES string of the molecule is C[C@@](O)(CCOP(=O)([O-])OP(=O)([O-])[O-])CC(=O)[O-].[Li+].[Li+].[Li+].[Li+]. The van der Waals surface area contributed by atoms with Crippen molar-refractivity contribution in [1.29, 1.82) is 0 Å². The zero-order valence-corrected chi connectivity index (χ0v) is 14.9. The van der Waals surface area contributed by atoms with Gasteiger partial charge in [-0.25, -0.2) is 0 Å². The zero-order valence-electron chi connectivity index (χ0n) is 13.1. The van der Waals surface area contributed by atoms with Crippen molar-refractivity contribution in [3.05, 3.63) is 0 Å². The Balaban J connectivity index is -0.000000241. The molecule has 1 N–H and O–H groups in total. The van der Waals surface area contributed by atoms with Gasteiger partial charge in [0.05, 0.1) is 20.0 Å². The monoisotopic (exact) mass is 332 g/mol. The number of phosphoric acid groups is 2. The van der Waals surface area contributed by atoms with Crippen LogP contribution in [0.2, 0.25) is 0 Å². The first kappa shape index (κ1) is 35.2. The average molecular weight is 332 g/mol. The van der Waals surface area contributed by atoms with Gasteiger partial charge in [0, 0.05) is 18.8 Å². The number of aliphatic hydroxyl groups is 1. The molecule has 0 spiro atoms. The maximum atomic E-state index is 10.8.